The Balaban J connectivity index is 2.68. The average Bonchev–Trinajstić information content (AvgIpc) is 2.04. The average molecular weight is 183 g/mol. The lowest BCUT2D eigenvalue weighted by molar-refractivity contribution is 0.189. The van der Waals surface area contributed by atoms with Crippen molar-refractivity contribution in [2.24, 2.45) is 10.7 Å². The Morgan fingerprint density at radius 3 is 2.38 bits per heavy atom. The van der Waals surface area contributed by atoms with E-state index < -0.39 is 0 Å². The van der Waals surface area contributed by atoms with E-state index in [0.717, 1.165) is 12.5 Å². The molecule has 0 aliphatic carbocycles. The zero-order valence-electron chi connectivity index (χ0n) is 8.95. The van der Waals surface area contributed by atoms with Crippen molar-refractivity contribution in [1.82, 2.24) is 4.90 Å². The summed E-state index contributed by atoms with van der Waals surface area (Å²) in [6.45, 7) is 7.26. The van der Waals surface area contributed by atoms with Gasteiger partial charge in [-0.1, -0.05) is 0 Å². The number of nitrogens with zero attached hydrogens (tertiary/aromatic N) is 2. The first-order valence-electron chi connectivity index (χ1n) is 5.25. The first kappa shape index (κ1) is 10.4. The zero-order valence-corrected chi connectivity index (χ0v) is 8.95. The molecule has 0 radical (unpaired) electrons. The second-order valence-electron chi connectivity index (χ2n) is 3.87. The SMILES string of the molecule is CCN=C(N)N1[C@H](C)CCC[C@@H]1C. The van der Waals surface area contributed by atoms with Crippen LogP contribution in [-0.2, 0) is 0 Å². The van der Waals surface area contributed by atoms with Crippen LogP contribution in [0.5, 0.6) is 0 Å². The Morgan fingerprint density at radius 2 is 1.92 bits per heavy atom. The molecule has 0 spiro atoms. The van der Waals surface area contributed by atoms with Gasteiger partial charge in [-0.25, -0.2) is 0 Å². The van der Waals surface area contributed by atoms with E-state index in [0.29, 0.717) is 12.1 Å². The minimum absolute atomic E-state index is 0.555. The van der Waals surface area contributed by atoms with Gasteiger partial charge in [0.15, 0.2) is 5.96 Å². The highest BCUT2D eigenvalue weighted by atomic mass is 15.3. The summed E-state index contributed by atoms with van der Waals surface area (Å²) in [7, 11) is 0. The second-order valence-corrected chi connectivity index (χ2v) is 3.87. The molecule has 0 unspecified atom stereocenters. The molecule has 1 saturated heterocycles. The van der Waals surface area contributed by atoms with Crippen molar-refractivity contribution in [3.8, 4) is 0 Å². The zero-order chi connectivity index (χ0) is 9.84. The Kier molecular flexibility index (Phi) is 3.58. The third kappa shape index (κ3) is 2.36. The van der Waals surface area contributed by atoms with Gasteiger partial charge >= 0.3 is 0 Å². The number of hydrogen-bond donors (Lipinski definition) is 1. The van der Waals surface area contributed by atoms with E-state index in [9.17, 15) is 0 Å². The Labute approximate surface area is 81.0 Å². The fourth-order valence-electron chi connectivity index (χ4n) is 2.12. The molecule has 0 bridgehead atoms. The third-order valence-corrected chi connectivity index (χ3v) is 2.78. The van der Waals surface area contributed by atoms with Crippen LogP contribution in [-0.4, -0.2) is 29.5 Å². The fourth-order valence-corrected chi connectivity index (χ4v) is 2.12. The van der Waals surface area contributed by atoms with Gasteiger partial charge in [0.05, 0.1) is 0 Å². The van der Waals surface area contributed by atoms with Crippen LogP contribution in [0.15, 0.2) is 4.99 Å². The normalized spacial score (nSPS) is 30.7. The molecule has 1 rings (SSSR count). The molecule has 2 atom stereocenters. The minimum Gasteiger partial charge on any atom is -0.370 e. The first-order chi connectivity index (χ1) is 6.16. The monoisotopic (exact) mass is 183 g/mol. The number of hydrogen-bond acceptors (Lipinski definition) is 1. The molecular formula is C10H21N3. The van der Waals surface area contributed by atoms with Gasteiger partial charge < -0.3 is 10.6 Å². The number of likely N-dealkylation sites (tertiary alicyclic amines) is 1. The van der Waals surface area contributed by atoms with E-state index in [1.807, 2.05) is 6.92 Å². The van der Waals surface area contributed by atoms with Crippen molar-refractivity contribution < 1.29 is 0 Å². The van der Waals surface area contributed by atoms with Crippen molar-refractivity contribution in [2.75, 3.05) is 6.54 Å². The molecule has 76 valence electrons. The van der Waals surface area contributed by atoms with E-state index in [1.54, 1.807) is 0 Å². The minimum atomic E-state index is 0.555. The lowest BCUT2D eigenvalue weighted by atomic mass is 9.98. The third-order valence-electron chi connectivity index (χ3n) is 2.78. The maximum atomic E-state index is 5.92. The molecule has 0 amide bonds. The van der Waals surface area contributed by atoms with Crippen molar-refractivity contribution in [2.45, 2.75) is 52.1 Å². The van der Waals surface area contributed by atoms with E-state index in [2.05, 4.69) is 23.7 Å². The predicted molar refractivity (Wildman–Crippen MR) is 56.8 cm³/mol. The molecule has 0 saturated carbocycles. The van der Waals surface area contributed by atoms with E-state index >= 15 is 0 Å². The fraction of sp³-hybridized carbons (Fsp3) is 0.900. The lowest BCUT2D eigenvalue weighted by Crippen LogP contribution is -2.50. The van der Waals surface area contributed by atoms with Gasteiger partial charge in [-0.2, -0.15) is 0 Å². The molecule has 2 N–H and O–H groups in total. The Morgan fingerprint density at radius 1 is 1.38 bits per heavy atom. The van der Waals surface area contributed by atoms with Crippen LogP contribution in [0.4, 0.5) is 0 Å². The highest BCUT2D eigenvalue weighted by Gasteiger charge is 2.25. The van der Waals surface area contributed by atoms with Crippen molar-refractivity contribution in [3.63, 3.8) is 0 Å². The standard InChI is InChI=1S/C10H21N3/c1-4-12-10(11)13-8(2)6-5-7-9(13)3/h8-9H,4-7H2,1-3H3,(H2,11,12)/t8-,9+. The van der Waals surface area contributed by atoms with Crippen LogP contribution < -0.4 is 5.73 Å². The highest BCUT2D eigenvalue weighted by Crippen LogP contribution is 2.21. The maximum Gasteiger partial charge on any atom is 0.191 e. The summed E-state index contributed by atoms with van der Waals surface area (Å²) in [5.41, 5.74) is 5.92. The Hall–Kier alpha value is -0.730. The molecule has 1 aliphatic rings. The summed E-state index contributed by atoms with van der Waals surface area (Å²) in [5, 5.41) is 0. The molecule has 13 heavy (non-hydrogen) atoms. The lowest BCUT2D eigenvalue weighted by Gasteiger charge is -2.39. The number of piperidine rings is 1. The molecule has 1 heterocycles. The Bertz CT molecular complexity index is 179. The van der Waals surface area contributed by atoms with Crippen LogP contribution in [0, 0.1) is 0 Å². The summed E-state index contributed by atoms with van der Waals surface area (Å²) in [4.78, 5) is 6.53. The number of guanidine groups is 1. The van der Waals surface area contributed by atoms with Crippen LogP contribution >= 0.6 is 0 Å². The largest absolute Gasteiger partial charge is 0.370 e. The molecule has 0 aromatic heterocycles. The summed E-state index contributed by atoms with van der Waals surface area (Å²) in [5.74, 6) is 0.724. The second kappa shape index (κ2) is 4.49. The highest BCUT2D eigenvalue weighted by molar-refractivity contribution is 5.78. The number of nitrogens with two attached hydrogens (primary N) is 1. The van der Waals surface area contributed by atoms with Gasteiger partial charge in [0, 0.05) is 18.6 Å². The summed E-state index contributed by atoms with van der Waals surface area (Å²) < 4.78 is 0. The van der Waals surface area contributed by atoms with Crippen LogP contribution in [0.1, 0.15) is 40.0 Å². The van der Waals surface area contributed by atoms with Gasteiger partial charge in [0.2, 0.25) is 0 Å². The molecular weight excluding hydrogens is 162 g/mol. The van der Waals surface area contributed by atoms with Gasteiger partial charge in [0.1, 0.15) is 0 Å². The van der Waals surface area contributed by atoms with Crippen LogP contribution in [0.25, 0.3) is 0 Å². The van der Waals surface area contributed by atoms with E-state index in [4.69, 9.17) is 5.73 Å². The van der Waals surface area contributed by atoms with Crippen molar-refractivity contribution >= 4 is 5.96 Å². The van der Waals surface area contributed by atoms with Gasteiger partial charge in [0.25, 0.3) is 0 Å². The number of aliphatic imine (C=N–C) groups is 1. The molecule has 3 heteroatoms. The summed E-state index contributed by atoms with van der Waals surface area (Å²) >= 11 is 0. The van der Waals surface area contributed by atoms with Crippen molar-refractivity contribution in [1.29, 1.82) is 0 Å². The smallest absolute Gasteiger partial charge is 0.191 e. The quantitative estimate of drug-likeness (QED) is 0.495. The predicted octanol–water partition coefficient (Wildman–Crippen LogP) is 1.58. The van der Waals surface area contributed by atoms with E-state index in [1.165, 1.54) is 19.3 Å². The van der Waals surface area contributed by atoms with Gasteiger partial charge in [-0.05, 0) is 40.0 Å². The van der Waals surface area contributed by atoms with Crippen LogP contribution in [0.2, 0.25) is 0 Å². The molecule has 0 aromatic rings. The molecule has 1 fully saturated rings. The molecule has 3 nitrogen and oxygen atoms in total. The summed E-state index contributed by atoms with van der Waals surface area (Å²) in [6.07, 6.45) is 3.80. The molecule has 1 aliphatic heterocycles. The number of rotatable bonds is 1. The topological polar surface area (TPSA) is 41.6 Å². The van der Waals surface area contributed by atoms with E-state index in [-0.39, 0.29) is 0 Å². The van der Waals surface area contributed by atoms with Gasteiger partial charge in [-0.15, -0.1) is 0 Å². The first-order valence-corrected chi connectivity index (χ1v) is 5.25. The van der Waals surface area contributed by atoms with Gasteiger partial charge in [-0.3, -0.25) is 4.99 Å². The molecule has 0 aromatic carbocycles. The van der Waals surface area contributed by atoms with Crippen molar-refractivity contribution in [3.05, 3.63) is 0 Å². The maximum absolute atomic E-state index is 5.92. The summed E-state index contributed by atoms with van der Waals surface area (Å²) in [6, 6.07) is 1.11. The van der Waals surface area contributed by atoms with Crippen LogP contribution in [0.3, 0.4) is 0 Å².